The predicted molar refractivity (Wildman–Crippen MR) is 86.7 cm³/mol. The Morgan fingerprint density at radius 2 is 2.13 bits per heavy atom. The molecule has 0 saturated carbocycles. The molecule has 0 unspecified atom stereocenters. The SMILES string of the molecule is CN1CCO[C@H](CN(CC(N)=O)C(=O)NCc2ccccc2)C1. The number of urea groups is 1. The number of benzene rings is 1. The number of rotatable bonds is 6. The molecule has 23 heavy (non-hydrogen) atoms. The Bertz CT molecular complexity index is 523. The van der Waals surface area contributed by atoms with Crippen LogP contribution < -0.4 is 11.1 Å². The van der Waals surface area contributed by atoms with Gasteiger partial charge >= 0.3 is 6.03 Å². The number of primary amides is 1. The first-order valence-corrected chi connectivity index (χ1v) is 7.69. The van der Waals surface area contributed by atoms with E-state index in [0.717, 1.165) is 18.7 Å². The molecule has 126 valence electrons. The van der Waals surface area contributed by atoms with Crippen LogP contribution in [0.5, 0.6) is 0 Å². The lowest BCUT2D eigenvalue weighted by Crippen LogP contribution is -2.51. The van der Waals surface area contributed by atoms with E-state index in [1.807, 2.05) is 37.4 Å². The molecule has 0 aromatic heterocycles. The van der Waals surface area contributed by atoms with Crippen LogP contribution in [0.15, 0.2) is 30.3 Å². The fourth-order valence-corrected chi connectivity index (χ4v) is 2.52. The molecule has 0 spiro atoms. The lowest BCUT2D eigenvalue weighted by molar-refractivity contribution is -0.119. The topological polar surface area (TPSA) is 87.9 Å². The van der Waals surface area contributed by atoms with E-state index in [-0.39, 0.29) is 18.7 Å². The molecule has 1 aliphatic rings. The fraction of sp³-hybridized carbons (Fsp3) is 0.500. The second-order valence-corrected chi connectivity index (χ2v) is 5.75. The zero-order chi connectivity index (χ0) is 16.7. The summed E-state index contributed by atoms with van der Waals surface area (Å²) in [5, 5.41) is 2.82. The van der Waals surface area contributed by atoms with Gasteiger partial charge in [-0.25, -0.2) is 4.79 Å². The molecule has 1 atom stereocenters. The van der Waals surface area contributed by atoms with Crippen LogP contribution in [0, 0.1) is 0 Å². The summed E-state index contributed by atoms with van der Waals surface area (Å²) in [4.78, 5) is 27.1. The van der Waals surface area contributed by atoms with Crippen LogP contribution in [0.25, 0.3) is 0 Å². The van der Waals surface area contributed by atoms with Crippen molar-refractivity contribution in [2.45, 2.75) is 12.6 Å². The zero-order valence-electron chi connectivity index (χ0n) is 13.4. The molecule has 1 aliphatic heterocycles. The number of amides is 3. The molecule has 1 heterocycles. The monoisotopic (exact) mass is 320 g/mol. The number of hydrogen-bond acceptors (Lipinski definition) is 4. The Balaban J connectivity index is 1.90. The Kier molecular flexibility index (Phi) is 6.37. The first-order chi connectivity index (χ1) is 11.0. The van der Waals surface area contributed by atoms with Gasteiger partial charge in [0.15, 0.2) is 0 Å². The van der Waals surface area contributed by atoms with Crippen LogP contribution in [0.3, 0.4) is 0 Å². The minimum Gasteiger partial charge on any atom is -0.374 e. The molecule has 1 fully saturated rings. The molecule has 1 saturated heterocycles. The molecule has 1 aromatic rings. The number of nitrogens with zero attached hydrogens (tertiary/aromatic N) is 2. The van der Waals surface area contributed by atoms with Gasteiger partial charge in [0.25, 0.3) is 0 Å². The third kappa shape index (κ3) is 5.88. The van der Waals surface area contributed by atoms with Crippen molar-refractivity contribution in [3.63, 3.8) is 0 Å². The largest absolute Gasteiger partial charge is 0.374 e. The third-order valence-corrected chi connectivity index (χ3v) is 3.69. The molecule has 0 radical (unpaired) electrons. The molecule has 7 nitrogen and oxygen atoms in total. The predicted octanol–water partition coefficient (Wildman–Crippen LogP) is 0.0141. The quantitative estimate of drug-likeness (QED) is 0.773. The van der Waals surface area contributed by atoms with Gasteiger partial charge in [0, 0.05) is 19.6 Å². The zero-order valence-corrected chi connectivity index (χ0v) is 13.4. The normalized spacial score (nSPS) is 18.4. The second-order valence-electron chi connectivity index (χ2n) is 5.75. The van der Waals surface area contributed by atoms with Crippen LogP contribution >= 0.6 is 0 Å². The van der Waals surface area contributed by atoms with Crippen LogP contribution in [-0.4, -0.2) is 67.7 Å². The number of likely N-dealkylation sites (N-methyl/N-ethyl adjacent to an activating group) is 1. The summed E-state index contributed by atoms with van der Waals surface area (Å²) in [6, 6.07) is 9.28. The van der Waals surface area contributed by atoms with E-state index in [1.54, 1.807) is 0 Å². The van der Waals surface area contributed by atoms with Crippen molar-refractivity contribution in [3.8, 4) is 0 Å². The van der Waals surface area contributed by atoms with E-state index >= 15 is 0 Å². The Labute approximate surface area is 136 Å². The second kappa shape index (κ2) is 8.50. The summed E-state index contributed by atoms with van der Waals surface area (Å²) in [5.41, 5.74) is 6.25. The highest BCUT2D eigenvalue weighted by Crippen LogP contribution is 2.06. The Morgan fingerprint density at radius 3 is 2.78 bits per heavy atom. The first kappa shape index (κ1) is 17.2. The summed E-state index contributed by atoms with van der Waals surface area (Å²) in [5.74, 6) is -0.538. The number of hydrogen-bond donors (Lipinski definition) is 2. The van der Waals surface area contributed by atoms with Gasteiger partial charge in [-0.05, 0) is 12.6 Å². The standard InChI is InChI=1S/C16H24N4O3/c1-19-7-8-23-14(10-19)11-20(12-15(17)21)16(22)18-9-13-5-3-2-4-6-13/h2-6,14H,7-12H2,1H3,(H2,17,21)(H,18,22)/t14-/m0/s1. The van der Waals surface area contributed by atoms with E-state index in [4.69, 9.17) is 10.5 Å². The van der Waals surface area contributed by atoms with E-state index in [2.05, 4.69) is 10.2 Å². The van der Waals surface area contributed by atoms with Gasteiger partial charge in [-0.15, -0.1) is 0 Å². The molecule has 1 aromatic carbocycles. The van der Waals surface area contributed by atoms with Crippen molar-refractivity contribution in [3.05, 3.63) is 35.9 Å². The van der Waals surface area contributed by atoms with E-state index in [9.17, 15) is 9.59 Å². The Hall–Kier alpha value is -2.12. The average molecular weight is 320 g/mol. The highest BCUT2D eigenvalue weighted by molar-refractivity contribution is 5.82. The van der Waals surface area contributed by atoms with Gasteiger partial charge in [0.05, 0.1) is 19.3 Å². The van der Waals surface area contributed by atoms with Crippen molar-refractivity contribution in [2.24, 2.45) is 5.73 Å². The van der Waals surface area contributed by atoms with Crippen molar-refractivity contribution < 1.29 is 14.3 Å². The van der Waals surface area contributed by atoms with Gasteiger partial charge in [-0.2, -0.15) is 0 Å². The van der Waals surface area contributed by atoms with Crippen molar-refractivity contribution >= 4 is 11.9 Å². The maximum absolute atomic E-state index is 12.3. The van der Waals surface area contributed by atoms with Crippen molar-refractivity contribution in [2.75, 3.05) is 39.8 Å². The number of carbonyl (C=O) groups excluding carboxylic acids is 2. The maximum Gasteiger partial charge on any atom is 0.318 e. The highest BCUT2D eigenvalue weighted by atomic mass is 16.5. The van der Waals surface area contributed by atoms with Crippen LogP contribution in [0.2, 0.25) is 0 Å². The van der Waals surface area contributed by atoms with Crippen molar-refractivity contribution in [1.29, 1.82) is 0 Å². The van der Waals surface area contributed by atoms with Gasteiger partial charge in [-0.3, -0.25) is 4.79 Å². The minimum atomic E-state index is -0.538. The molecular formula is C16H24N4O3. The summed E-state index contributed by atoms with van der Waals surface area (Å²) < 4.78 is 5.66. The summed E-state index contributed by atoms with van der Waals surface area (Å²) in [6.07, 6.45) is -0.115. The van der Waals surface area contributed by atoms with Crippen LogP contribution in [0.4, 0.5) is 4.79 Å². The smallest absolute Gasteiger partial charge is 0.318 e. The molecule has 2 rings (SSSR count). The number of nitrogens with two attached hydrogens (primary N) is 1. The van der Waals surface area contributed by atoms with E-state index in [1.165, 1.54) is 4.90 Å². The number of morpholine rings is 1. The molecular weight excluding hydrogens is 296 g/mol. The molecule has 7 heteroatoms. The Morgan fingerprint density at radius 1 is 1.39 bits per heavy atom. The van der Waals surface area contributed by atoms with Gasteiger partial charge in [0.1, 0.15) is 6.54 Å². The molecule has 3 amide bonds. The number of nitrogens with one attached hydrogen (secondary N) is 1. The number of ether oxygens (including phenoxy) is 1. The van der Waals surface area contributed by atoms with Gasteiger partial charge in [-0.1, -0.05) is 30.3 Å². The maximum atomic E-state index is 12.3. The lowest BCUT2D eigenvalue weighted by Gasteiger charge is -2.33. The van der Waals surface area contributed by atoms with E-state index in [0.29, 0.717) is 19.7 Å². The fourth-order valence-electron chi connectivity index (χ4n) is 2.52. The minimum absolute atomic E-state index is 0.115. The highest BCUT2D eigenvalue weighted by Gasteiger charge is 2.24. The summed E-state index contributed by atoms with van der Waals surface area (Å²) >= 11 is 0. The summed E-state index contributed by atoms with van der Waals surface area (Å²) in [6.45, 7) is 2.84. The number of carbonyl (C=O) groups is 2. The molecule has 0 bridgehead atoms. The average Bonchev–Trinajstić information content (AvgIpc) is 2.52. The van der Waals surface area contributed by atoms with Crippen LogP contribution in [0.1, 0.15) is 5.56 Å². The van der Waals surface area contributed by atoms with Gasteiger partial charge < -0.3 is 25.6 Å². The molecule has 3 N–H and O–H groups in total. The third-order valence-electron chi connectivity index (χ3n) is 3.69. The van der Waals surface area contributed by atoms with Gasteiger partial charge in [0.2, 0.25) is 5.91 Å². The first-order valence-electron chi connectivity index (χ1n) is 7.69. The molecule has 0 aliphatic carbocycles. The van der Waals surface area contributed by atoms with E-state index < -0.39 is 5.91 Å². The van der Waals surface area contributed by atoms with Crippen LogP contribution in [-0.2, 0) is 16.1 Å². The lowest BCUT2D eigenvalue weighted by atomic mass is 10.2. The van der Waals surface area contributed by atoms with Crippen molar-refractivity contribution in [1.82, 2.24) is 15.1 Å². The summed E-state index contributed by atoms with van der Waals surface area (Å²) in [7, 11) is 2.00.